The number of carbonyl (C=O) groups excluding carboxylic acids is 1. The zero-order valence-corrected chi connectivity index (χ0v) is 7.60. The van der Waals surface area contributed by atoms with Gasteiger partial charge in [-0.15, -0.1) is 0 Å². The summed E-state index contributed by atoms with van der Waals surface area (Å²) >= 11 is 0. The molecule has 0 aliphatic rings. The first-order valence-corrected chi connectivity index (χ1v) is 3.69. The smallest absolute Gasteiger partial charge is 0.543 e. The Hall–Kier alpha value is -1.37. The SMILES string of the molecule is O=C([O-])c1cc2ncccc2cn1.[Li+]. The zero-order chi connectivity index (χ0) is 9.26. The van der Waals surface area contributed by atoms with Gasteiger partial charge in [0.05, 0.1) is 17.2 Å². The predicted molar refractivity (Wildman–Crippen MR) is 43.9 cm³/mol. The molecule has 14 heavy (non-hydrogen) atoms. The van der Waals surface area contributed by atoms with E-state index in [1.807, 2.05) is 6.07 Å². The Kier molecular flexibility index (Phi) is 3.23. The van der Waals surface area contributed by atoms with E-state index in [1.54, 1.807) is 12.3 Å². The Labute approximate surface area is 92.2 Å². The van der Waals surface area contributed by atoms with E-state index < -0.39 is 5.97 Å². The van der Waals surface area contributed by atoms with Gasteiger partial charge in [0, 0.05) is 17.8 Å². The summed E-state index contributed by atoms with van der Waals surface area (Å²) in [6, 6.07) is 4.97. The van der Waals surface area contributed by atoms with Crippen molar-refractivity contribution in [2.24, 2.45) is 0 Å². The molecule has 2 aromatic heterocycles. The third kappa shape index (κ3) is 1.92. The van der Waals surface area contributed by atoms with Crippen LogP contribution in [0.4, 0.5) is 0 Å². The van der Waals surface area contributed by atoms with Gasteiger partial charge in [0.1, 0.15) is 0 Å². The van der Waals surface area contributed by atoms with Gasteiger partial charge in [-0.25, -0.2) is 0 Å². The van der Waals surface area contributed by atoms with E-state index in [1.165, 1.54) is 12.3 Å². The van der Waals surface area contributed by atoms with Gasteiger partial charge in [0.25, 0.3) is 0 Å². The maximum atomic E-state index is 10.4. The summed E-state index contributed by atoms with van der Waals surface area (Å²) in [6.45, 7) is 0. The average Bonchev–Trinajstić information content (AvgIpc) is 2.17. The Morgan fingerprint density at radius 3 is 2.86 bits per heavy atom. The molecule has 0 spiro atoms. The van der Waals surface area contributed by atoms with Crippen molar-refractivity contribution in [2.75, 3.05) is 0 Å². The second kappa shape index (κ2) is 4.23. The van der Waals surface area contributed by atoms with E-state index in [2.05, 4.69) is 9.97 Å². The third-order valence-electron chi connectivity index (χ3n) is 1.70. The monoisotopic (exact) mass is 180 g/mol. The van der Waals surface area contributed by atoms with Gasteiger partial charge in [0.15, 0.2) is 0 Å². The normalized spacial score (nSPS) is 9.43. The number of hydrogen-bond donors (Lipinski definition) is 0. The number of nitrogens with zero attached hydrogens (tertiary/aromatic N) is 2. The van der Waals surface area contributed by atoms with Gasteiger partial charge in [-0.2, -0.15) is 0 Å². The standard InChI is InChI=1S/C9H6N2O2.Li/c12-9(13)8-4-7-6(5-11-8)2-1-3-10-7;/h1-5H,(H,12,13);/q;+1/p-1. The molecule has 2 aromatic rings. The largest absolute Gasteiger partial charge is 1.00 e. The van der Waals surface area contributed by atoms with Crippen molar-refractivity contribution in [1.29, 1.82) is 0 Å². The summed E-state index contributed by atoms with van der Waals surface area (Å²) in [5.74, 6) is -1.28. The summed E-state index contributed by atoms with van der Waals surface area (Å²) < 4.78 is 0. The molecule has 0 radical (unpaired) electrons. The summed E-state index contributed by atoms with van der Waals surface area (Å²) in [4.78, 5) is 18.1. The van der Waals surface area contributed by atoms with Gasteiger partial charge >= 0.3 is 18.9 Å². The number of carboxylic acid groups (broad SMARTS) is 1. The molecule has 0 atom stereocenters. The Bertz CT molecular complexity index is 473. The Morgan fingerprint density at radius 1 is 1.36 bits per heavy atom. The Balaban J connectivity index is 0.000000980. The van der Waals surface area contributed by atoms with Gasteiger partial charge in [0.2, 0.25) is 0 Å². The molecule has 5 heteroatoms. The Morgan fingerprint density at radius 2 is 2.14 bits per heavy atom. The van der Waals surface area contributed by atoms with E-state index in [0.29, 0.717) is 5.52 Å². The van der Waals surface area contributed by atoms with E-state index in [9.17, 15) is 9.90 Å². The van der Waals surface area contributed by atoms with Crippen molar-refractivity contribution in [1.82, 2.24) is 9.97 Å². The van der Waals surface area contributed by atoms with Crippen LogP contribution in [0, 0.1) is 0 Å². The van der Waals surface area contributed by atoms with E-state index in [4.69, 9.17) is 0 Å². The first-order valence-electron chi connectivity index (χ1n) is 3.69. The molecule has 0 aromatic carbocycles. The van der Waals surface area contributed by atoms with Gasteiger partial charge in [-0.1, -0.05) is 0 Å². The number of fused-ring (bicyclic) bond motifs is 1. The van der Waals surface area contributed by atoms with Crippen LogP contribution in [0.2, 0.25) is 0 Å². The quantitative estimate of drug-likeness (QED) is 0.438. The maximum Gasteiger partial charge on any atom is 1.00 e. The fraction of sp³-hybridized carbons (Fsp3) is 0. The van der Waals surface area contributed by atoms with Crippen molar-refractivity contribution in [3.63, 3.8) is 0 Å². The number of hydrogen-bond acceptors (Lipinski definition) is 4. The van der Waals surface area contributed by atoms with Crippen molar-refractivity contribution in [2.45, 2.75) is 0 Å². The van der Waals surface area contributed by atoms with Crippen LogP contribution in [-0.4, -0.2) is 15.9 Å². The molecular formula is C9H5LiN2O2. The minimum atomic E-state index is -1.28. The minimum absolute atomic E-state index is 0. The van der Waals surface area contributed by atoms with Crippen molar-refractivity contribution >= 4 is 16.9 Å². The molecule has 2 heterocycles. The number of rotatable bonds is 1. The molecule has 2 rings (SSSR count). The van der Waals surface area contributed by atoms with Gasteiger partial charge < -0.3 is 9.90 Å². The summed E-state index contributed by atoms with van der Waals surface area (Å²) in [6.07, 6.45) is 3.06. The number of aromatic nitrogens is 2. The molecule has 0 fully saturated rings. The fourth-order valence-electron chi connectivity index (χ4n) is 1.08. The first kappa shape index (κ1) is 10.7. The zero-order valence-electron chi connectivity index (χ0n) is 7.60. The maximum absolute atomic E-state index is 10.4. The van der Waals surface area contributed by atoms with Crippen molar-refractivity contribution < 1.29 is 28.8 Å². The average molecular weight is 180 g/mol. The van der Waals surface area contributed by atoms with Crippen LogP contribution in [0.5, 0.6) is 0 Å². The molecule has 0 aliphatic heterocycles. The molecule has 0 aliphatic carbocycles. The number of carbonyl (C=O) groups is 1. The first-order chi connectivity index (χ1) is 6.27. The molecule has 64 valence electrons. The fourth-order valence-corrected chi connectivity index (χ4v) is 1.08. The molecule has 0 amide bonds. The summed E-state index contributed by atoms with van der Waals surface area (Å²) in [5.41, 5.74) is 0.517. The molecule has 0 saturated carbocycles. The molecule has 0 N–H and O–H groups in total. The molecule has 0 saturated heterocycles. The number of pyridine rings is 2. The molecule has 0 unspecified atom stereocenters. The number of aromatic carboxylic acids is 1. The second-order valence-corrected chi connectivity index (χ2v) is 2.55. The van der Waals surface area contributed by atoms with Crippen molar-refractivity contribution in [3.8, 4) is 0 Å². The van der Waals surface area contributed by atoms with Crippen LogP contribution in [0.15, 0.2) is 30.6 Å². The van der Waals surface area contributed by atoms with Crippen molar-refractivity contribution in [3.05, 3.63) is 36.3 Å². The van der Waals surface area contributed by atoms with Crippen LogP contribution in [0.25, 0.3) is 10.9 Å². The van der Waals surface area contributed by atoms with Gasteiger partial charge in [-0.3, -0.25) is 9.97 Å². The van der Waals surface area contributed by atoms with E-state index in [-0.39, 0.29) is 24.6 Å². The minimum Gasteiger partial charge on any atom is -0.543 e. The van der Waals surface area contributed by atoms with Crippen LogP contribution in [-0.2, 0) is 0 Å². The molecule has 0 bridgehead atoms. The topological polar surface area (TPSA) is 65.9 Å². The van der Waals surface area contributed by atoms with Crippen LogP contribution in [0.3, 0.4) is 0 Å². The number of carboxylic acids is 1. The summed E-state index contributed by atoms with van der Waals surface area (Å²) in [5, 5.41) is 11.3. The van der Waals surface area contributed by atoms with E-state index >= 15 is 0 Å². The molecule has 4 nitrogen and oxygen atoms in total. The molecular weight excluding hydrogens is 175 g/mol. The predicted octanol–water partition coefficient (Wildman–Crippen LogP) is -3.00. The van der Waals surface area contributed by atoms with Crippen LogP contribution >= 0.6 is 0 Å². The van der Waals surface area contributed by atoms with E-state index in [0.717, 1.165) is 5.39 Å². The summed E-state index contributed by atoms with van der Waals surface area (Å²) in [7, 11) is 0. The van der Waals surface area contributed by atoms with Crippen LogP contribution in [0.1, 0.15) is 10.5 Å². The van der Waals surface area contributed by atoms with Gasteiger partial charge in [-0.05, 0) is 18.2 Å². The second-order valence-electron chi connectivity index (χ2n) is 2.55. The van der Waals surface area contributed by atoms with Crippen LogP contribution < -0.4 is 24.0 Å². The third-order valence-corrected chi connectivity index (χ3v) is 1.70.